The average Bonchev–Trinajstić information content (AvgIpc) is 2.91. The van der Waals surface area contributed by atoms with E-state index in [0.29, 0.717) is 0 Å². The third-order valence-electron chi connectivity index (χ3n) is 4.52. The van der Waals surface area contributed by atoms with E-state index in [1.165, 1.54) is 68.6 Å². The van der Waals surface area contributed by atoms with Gasteiger partial charge in [-0.1, -0.05) is 38.0 Å². The Bertz CT molecular complexity index is 519. The van der Waals surface area contributed by atoms with Crippen LogP contribution in [0.3, 0.4) is 0 Å². The number of hydrogen-bond acceptors (Lipinski definition) is 2. The third-order valence-corrected chi connectivity index (χ3v) is 4.52. The quantitative estimate of drug-likeness (QED) is 0.821. The zero-order valence-electron chi connectivity index (χ0n) is 13.1. The Morgan fingerprint density at radius 1 is 1.00 bits per heavy atom. The highest BCUT2D eigenvalue weighted by atomic mass is 15.3. The molecule has 1 aliphatic heterocycles. The van der Waals surface area contributed by atoms with Gasteiger partial charge in [0.2, 0.25) is 0 Å². The minimum absolute atomic E-state index is 1.05. The van der Waals surface area contributed by atoms with Crippen molar-refractivity contribution >= 4 is 10.9 Å². The molecule has 0 saturated carbocycles. The van der Waals surface area contributed by atoms with Gasteiger partial charge in [0.25, 0.3) is 0 Å². The molecule has 2 heterocycles. The van der Waals surface area contributed by atoms with E-state index in [0.717, 1.165) is 6.54 Å². The lowest BCUT2D eigenvalue weighted by Crippen LogP contribution is -2.46. The van der Waals surface area contributed by atoms with Gasteiger partial charge >= 0.3 is 0 Å². The number of nitrogens with zero attached hydrogens (tertiary/aromatic N) is 2. The molecule has 1 N–H and O–H groups in total. The van der Waals surface area contributed by atoms with Crippen molar-refractivity contribution in [3.63, 3.8) is 0 Å². The van der Waals surface area contributed by atoms with Gasteiger partial charge in [-0.3, -0.25) is 4.90 Å². The Balaban J connectivity index is 1.48. The molecule has 0 aliphatic carbocycles. The molecule has 0 spiro atoms. The van der Waals surface area contributed by atoms with E-state index in [1.807, 2.05) is 0 Å². The summed E-state index contributed by atoms with van der Waals surface area (Å²) in [6.07, 6.45) is 4.05. The van der Waals surface area contributed by atoms with Gasteiger partial charge in [0.1, 0.15) is 0 Å². The molecule has 0 amide bonds. The first-order chi connectivity index (χ1) is 10.3. The number of aromatic amines is 1. The zero-order valence-corrected chi connectivity index (χ0v) is 13.1. The van der Waals surface area contributed by atoms with Gasteiger partial charge in [-0.2, -0.15) is 0 Å². The van der Waals surface area contributed by atoms with E-state index in [4.69, 9.17) is 0 Å². The van der Waals surface area contributed by atoms with Crippen LogP contribution in [0.15, 0.2) is 30.3 Å². The van der Waals surface area contributed by atoms with Gasteiger partial charge in [0.15, 0.2) is 0 Å². The second kappa shape index (κ2) is 7.10. The Morgan fingerprint density at radius 3 is 2.52 bits per heavy atom. The van der Waals surface area contributed by atoms with Crippen molar-refractivity contribution in [1.29, 1.82) is 0 Å². The maximum Gasteiger partial charge on any atom is 0.0456 e. The number of H-pyrrole nitrogens is 1. The van der Waals surface area contributed by atoms with Crippen LogP contribution < -0.4 is 0 Å². The predicted molar refractivity (Wildman–Crippen MR) is 89.5 cm³/mol. The minimum atomic E-state index is 1.05. The summed E-state index contributed by atoms with van der Waals surface area (Å²) in [5, 5.41) is 1.32. The maximum absolute atomic E-state index is 3.54. The van der Waals surface area contributed by atoms with Crippen LogP contribution >= 0.6 is 0 Å². The molecule has 0 unspecified atom stereocenters. The second-order valence-corrected chi connectivity index (χ2v) is 6.21. The fourth-order valence-electron chi connectivity index (χ4n) is 3.22. The largest absolute Gasteiger partial charge is 0.357 e. The van der Waals surface area contributed by atoms with Crippen molar-refractivity contribution in [1.82, 2.24) is 14.8 Å². The number of nitrogens with one attached hydrogen (secondary N) is 1. The fourth-order valence-corrected chi connectivity index (χ4v) is 3.22. The number of rotatable bonds is 6. The normalized spacial score (nSPS) is 17.6. The molecule has 1 aliphatic rings. The Kier molecular flexibility index (Phi) is 4.94. The number of aromatic nitrogens is 1. The molecule has 114 valence electrons. The summed E-state index contributed by atoms with van der Waals surface area (Å²) in [6.45, 7) is 9.46. The van der Waals surface area contributed by atoms with Crippen molar-refractivity contribution in [2.45, 2.75) is 32.7 Å². The Hall–Kier alpha value is -1.32. The molecule has 2 aromatic rings. The highest BCUT2D eigenvalue weighted by Crippen LogP contribution is 2.16. The summed E-state index contributed by atoms with van der Waals surface area (Å²) in [5.41, 5.74) is 2.60. The van der Waals surface area contributed by atoms with Crippen LogP contribution in [0.4, 0.5) is 0 Å². The monoisotopic (exact) mass is 285 g/mol. The highest BCUT2D eigenvalue weighted by molar-refractivity contribution is 5.80. The Labute approximate surface area is 127 Å². The van der Waals surface area contributed by atoms with Gasteiger partial charge < -0.3 is 9.88 Å². The number of piperazine rings is 1. The summed E-state index contributed by atoms with van der Waals surface area (Å²) in [5.74, 6) is 0. The first-order valence-electron chi connectivity index (χ1n) is 8.36. The van der Waals surface area contributed by atoms with E-state index >= 15 is 0 Å². The van der Waals surface area contributed by atoms with Gasteiger partial charge in [-0.15, -0.1) is 0 Å². The van der Waals surface area contributed by atoms with Crippen LogP contribution in [0.25, 0.3) is 10.9 Å². The molecule has 0 bridgehead atoms. The second-order valence-electron chi connectivity index (χ2n) is 6.21. The van der Waals surface area contributed by atoms with Crippen LogP contribution in [-0.2, 0) is 6.54 Å². The van der Waals surface area contributed by atoms with E-state index < -0.39 is 0 Å². The van der Waals surface area contributed by atoms with E-state index in [2.05, 4.69) is 52.0 Å². The third kappa shape index (κ3) is 3.86. The molecule has 3 heteroatoms. The predicted octanol–water partition coefficient (Wildman–Crippen LogP) is 3.48. The molecule has 1 aromatic heterocycles. The van der Waals surface area contributed by atoms with Gasteiger partial charge in [-0.25, -0.2) is 0 Å². The van der Waals surface area contributed by atoms with Crippen LogP contribution in [0, 0.1) is 0 Å². The summed E-state index contributed by atoms with van der Waals surface area (Å²) < 4.78 is 0. The van der Waals surface area contributed by atoms with E-state index in [9.17, 15) is 0 Å². The van der Waals surface area contributed by atoms with Crippen molar-refractivity contribution in [2.24, 2.45) is 0 Å². The number of benzene rings is 1. The number of unbranched alkanes of at least 4 members (excludes halogenated alkanes) is 2. The molecule has 1 saturated heterocycles. The smallest absolute Gasteiger partial charge is 0.0456 e. The van der Waals surface area contributed by atoms with Crippen molar-refractivity contribution in [3.8, 4) is 0 Å². The van der Waals surface area contributed by atoms with Crippen LogP contribution in [-0.4, -0.2) is 47.5 Å². The van der Waals surface area contributed by atoms with Crippen molar-refractivity contribution < 1.29 is 0 Å². The van der Waals surface area contributed by atoms with Gasteiger partial charge in [0.05, 0.1) is 0 Å². The summed E-state index contributed by atoms with van der Waals surface area (Å²) in [6, 6.07) is 10.8. The summed E-state index contributed by atoms with van der Waals surface area (Å²) >= 11 is 0. The van der Waals surface area contributed by atoms with Crippen LogP contribution in [0.5, 0.6) is 0 Å². The lowest BCUT2D eigenvalue weighted by molar-refractivity contribution is 0.125. The molecule has 1 fully saturated rings. The SMILES string of the molecule is CCCCCN1CCN(Cc2cc3ccccc3[nH]2)CC1. The summed E-state index contributed by atoms with van der Waals surface area (Å²) in [7, 11) is 0. The zero-order chi connectivity index (χ0) is 14.5. The lowest BCUT2D eigenvalue weighted by Gasteiger charge is -2.34. The molecule has 0 radical (unpaired) electrons. The molecule has 0 atom stereocenters. The number of para-hydroxylation sites is 1. The molecule has 3 nitrogen and oxygen atoms in total. The molecule has 21 heavy (non-hydrogen) atoms. The van der Waals surface area contributed by atoms with Crippen molar-refractivity contribution in [2.75, 3.05) is 32.7 Å². The van der Waals surface area contributed by atoms with Crippen molar-refractivity contribution in [3.05, 3.63) is 36.0 Å². The van der Waals surface area contributed by atoms with Gasteiger partial charge in [0, 0.05) is 43.9 Å². The minimum Gasteiger partial charge on any atom is -0.357 e. The van der Waals surface area contributed by atoms with Crippen LogP contribution in [0.1, 0.15) is 31.9 Å². The fraction of sp³-hybridized carbons (Fsp3) is 0.556. The first-order valence-corrected chi connectivity index (χ1v) is 8.36. The number of fused-ring (bicyclic) bond motifs is 1. The molecule has 3 rings (SSSR count). The molecular weight excluding hydrogens is 258 g/mol. The topological polar surface area (TPSA) is 22.3 Å². The van der Waals surface area contributed by atoms with Crippen LogP contribution in [0.2, 0.25) is 0 Å². The highest BCUT2D eigenvalue weighted by Gasteiger charge is 2.16. The Morgan fingerprint density at radius 2 is 1.76 bits per heavy atom. The summed E-state index contributed by atoms with van der Waals surface area (Å²) in [4.78, 5) is 8.73. The number of hydrogen-bond donors (Lipinski definition) is 1. The lowest BCUT2D eigenvalue weighted by atomic mass is 10.2. The molecule has 1 aromatic carbocycles. The van der Waals surface area contributed by atoms with E-state index in [1.54, 1.807) is 0 Å². The average molecular weight is 285 g/mol. The first kappa shape index (κ1) is 14.6. The van der Waals surface area contributed by atoms with E-state index in [-0.39, 0.29) is 0 Å². The molecular formula is C18H27N3. The standard InChI is InChI=1S/C18H27N3/c1-2-3-6-9-20-10-12-21(13-11-20)15-17-14-16-7-4-5-8-18(16)19-17/h4-5,7-8,14,19H,2-3,6,9-13,15H2,1H3. The maximum atomic E-state index is 3.54. The van der Waals surface area contributed by atoms with Gasteiger partial charge in [-0.05, 0) is 30.5 Å².